The Morgan fingerprint density at radius 2 is 1.80 bits per heavy atom. The molecule has 2 rings (SSSR count). The Morgan fingerprint density at radius 1 is 1.15 bits per heavy atom. The van der Waals surface area contributed by atoms with Crippen LogP contribution in [0.15, 0.2) is 23.1 Å². The quantitative estimate of drug-likeness (QED) is 0.759. The molecule has 112 valence electrons. The summed E-state index contributed by atoms with van der Waals surface area (Å²) in [4.78, 5) is 0.150. The second-order valence-corrected chi connectivity index (χ2v) is 7.99. The summed E-state index contributed by atoms with van der Waals surface area (Å²) in [5, 5.41) is 0.643. The normalized spacial score (nSPS) is 21.1. The lowest BCUT2D eigenvalue weighted by atomic mass is 10.0. The van der Waals surface area contributed by atoms with E-state index in [9.17, 15) is 8.42 Å². The predicted octanol–water partition coefficient (Wildman–Crippen LogP) is 4.17. The Kier molecular flexibility index (Phi) is 5.60. The molecule has 20 heavy (non-hydrogen) atoms. The Hall–Kier alpha value is -0.000000000000000111. The van der Waals surface area contributed by atoms with Crippen molar-refractivity contribution in [2.45, 2.75) is 36.6 Å². The van der Waals surface area contributed by atoms with E-state index in [2.05, 4.69) is 0 Å². The zero-order valence-electron chi connectivity index (χ0n) is 10.9. The van der Waals surface area contributed by atoms with Crippen LogP contribution in [0.25, 0.3) is 0 Å². The van der Waals surface area contributed by atoms with Gasteiger partial charge in [0, 0.05) is 28.5 Å². The first kappa shape index (κ1) is 16.4. The third kappa shape index (κ3) is 3.60. The summed E-state index contributed by atoms with van der Waals surface area (Å²) in [6.45, 7) is 0.522. The molecule has 3 nitrogen and oxygen atoms in total. The zero-order valence-corrected chi connectivity index (χ0v) is 13.9. The fourth-order valence-corrected chi connectivity index (χ4v) is 5.22. The Bertz CT molecular complexity index is 555. The molecule has 1 aromatic carbocycles. The maximum absolute atomic E-state index is 12.7. The van der Waals surface area contributed by atoms with Gasteiger partial charge in [-0.25, -0.2) is 8.42 Å². The Labute approximate surface area is 134 Å². The summed E-state index contributed by atoms with van der Waals surface area (Å²) in [5.74, 6) is 0.451. The lowest BCUT2D eigenvalue weighted by Crippen LogP contribution is -2.43. The van der Waals surface area contributed by atoms with E-state index in [1.54, 1.807) is 4.31 Å². The molecule has 0 aromatic heterocycles. The summed E-state index contributed by atoms with van der Waals surface area (Å²) in [5.41, 5.74) is 0. The number of rotatable bonds is 4. The second kappa shape index (κ2) is 6.84. The fraction of sp³-hybridized carbons (Fsp3) is 0.538. The van der Waals surface area contributed by atoms with Gasteiger partial charge in [0.25, 0.3) is 0 Å². The predicted molar refractivity (Wildman–Crippen MR) is 83.3 cm³/mol. The van der Waals surface area contributed by atoms with Gasteiger partial charge in [-0.15, -0.1) is 11.6 Å². The fourth-order valence-electron chi connectivity index (χ4n) is 2.52. The SMILES string of the molecule is O=S(=O)(c1cc(Cl)cc(Cl)c1)N1CCCCC1CCCl. The molecule has 0 bridgehead atoms. The van der Waals surface area contributed by atoms with Crippen LogP contribution in [-0.2, 0) is 10.0 Å². The van der Waals surface area contributed by atoms with Gasteiger partial charge in [-0.05, 0) is 37.5 Å². The molecule has 0 N–H and O–H groups in total. The smallest absolute Gasteiger partial charge is 0.207 e. The minimum atomic E-state index is -3.57. The molecular weight excluding hydrogens is 341 g/mol. The van der Waals surface area contributed by atoms with Gasteiger partial charge >= 0.3 is 0 Å². The highest BCUT2D eigenvalue weighted by atomic mass is 35.5. The number of alkyl halides is 1. The average molecular weight is 357 g/mol. The monoisotopic (exact) mass is 355 g/mol. The average Bonchev–Trinajstić information content (AvgIpc) is 2.38. The first-order chi connectivity index (χ1) is 9.45. The van der Waals surface area contributed by atoms with Crippen LogP contribution >= 0.6 is 34.8 Å². The van der Waals surface area contributed by atoms with Gasteiger partial charge < -0.3 is 0 Å². The number of piperidine rings is 1. The molecule has 1 aliphatic rings. The molecule has 1 aliphatic heterocycles. The molecule has 1 aromatic rings. The lowest BCUT2D eigenvalue weighted by molar-refractivity contribution is 0.247. The third-order valence-electron chi connectivity index (χ3n) is 3.46. The summed E-state index contributed by atoms with van der Waals surface area (Å²) in [6.07, 6.45) is 3.41. The van der Waals surface area contributed by atoms with Crippen LogP contribution in [-0.4, -0.2) is 31.2 Å². The second-order valence-electron chi connectivity index (χ2n) is 4.85. The first-order valence-corrected chi connectivity index (χ1v) is 9.22. The summed E-state index contributed by atoms with van der Waals surface area (Å²) in [6, 6.07) is 4.36. The highest BCUT2D eigenvalue weighted by Crippen LogP contribution is 2.30. The maximum Gasteiger partial charge on any atom is 0.243 e. The van der Waals surface area contributed by atoms with E-state index in [1.807, 2.05) is 0 Å². The third-order valence-corrected chi connectivity index (χ3v) is 6.04. The molecule has 1 saturated heterocycles. The topological polar surface area (TPSA) is 37.4 Å². The van der Waals surface area contributed by atoms with Crippen molar-refractivity contribution in [3.63, 3.8) is 0 Å². The molecule has 0 aliphatic carbocycles. The molecular formula is C13H16Cl3NO2S. The summed E-state index contributed by atoms with van der Waals surface area (Å²) >= 11 is 17.6. The van der Waals surface area contributed by atoms with Crippen LogP contribution < -0.4 is 0 Å². The highest BCUT2D eigenvalue weighted by molar-refractivity contribution is 7.89. The van der Waals surface area contributed by atoms with Gasteiger partial charge in [0.05, 0.1) is 4.90 Å². The number of nitrogens with zero attached hydrogens (tertiary/aromatic N) is 1. The van der Waals surface area contributed by atoms with Crippen LogP contribution in [0.1, 0.15) is 25.7 Å². The van der Waals surface area contributed by atoms with Gasteiger partial charge in [-0.3, -0.25) is 0 Å². The van der Waals surface area contributed by atoms with Crippen LogP contribution in [0.4, 0.5) is 0 Å². The van der Waals surface area contributed by atoms with Crippen molar-refractivity contribution in [3.8, 4) is 0 Å². The van der Waals surface area contributed by atoms with Crippen molar-refractivity contribution in [2.24, 2.45) is 0 Å². The maximum atomic E-state index is 12.7. The largest absolute Gasteiger partial charge is 0.243 e. The van der Waals surface area contributed by atoms with Crippen molar-refractivity contribution in [1.29, 1.82) is 0 Å². The summed E-state index contributed by atoms with van der Waals surface area (Å²) in [7, 11) is -3.57. The Morgan fingerprint density at radius 3 is 2.40 bits per heavy atom. The van der Waals surface area contributed by atoms with Gasteiger partial charge in [0.15, 0.2) is 0 Å². The molecule has 0 saturated carbocycles. The number of halogens is 3. The molecule has 0 spiro atoms. The molecule has 1 atom stereocenters. The van der Waals surface area contributed by atoms with Crippen LogP contribution in [0.3, 0.4) is 0 Å². The molecule has 1 fully saturated rings. The standard InChI is InChI=1S/C13H16Cl3NO2S/c14-5-4-12-3-1-2-6-17(12)20(18,19)13-8-10(15)7-11(16)9-13/h7-9,12H,1-6H2. The molecule has 1 heterocycles. The minimum absolute atomic E-state index is 0.0380. The van der Waals surface area contributed by atoms with Crippen molar-refractivity contribution in [3.05, 3.63) is 28.2 Å². The van der Waals surface area contributed by atoms with E-state index in [1.165, 1.54) is 18.2 Å². The zero-order chi connectivity index (χ0) is 14.8. The number of hydrogen-bond donors (Lipinski definition) is 0. The van der Waals surface area contributed by atoms with E-state index < -0.39 is 10.0 Å². The van der Waals surface area contributed by atoms with E-state index >= 15 is 0 Å². The van der Waals surface area contributed by atoms with E-state index in [0.717, 1.165) is 19.3 Å². The van der Waals surface area contributed by atoms with Gasteiger partial charge in [-0.1, -0.05) is 29.6 Å². The van der Waals surface area contributed by atoms with Crippen LogP contribution in [0.2, 0.25) is 10.0 Å². The number of sulfonamides is 1. The first-order valence-electron chi connectivity index (χ1n) is 6.49. The van der Waals surface area contributed by atoms with Crippen molar-refractivity contribution < 1.29 is 8.42 Å². The minimum Gasteiger partial charge on any atom is -0.207 e. The Balaban J connectivity index is 2.36. The van der Waals surface area contributed by atoms with E-state index in [-0.39, 0.29) is 10.9 Å². The highest BCUT2D eigenvalue weighted by Gasteiger charge is 2.33. The van der Waals surface area contributed by atoms with E-state index in [0.29, 0.717) is 28.9 Å². The van der Waals surface area contributed by atoms with Crippen molar-refractivity contribution >= 4 is 44.8 Å². The molecule has 7 heteroatoms. The lowest BCUT2D eigenvalue weighted by Gasteiger charge is -2.34. The van der Waals surface area contributed by atoms with Crippen LogP contribution in [0, 0.1) is 0 Å². The van der Waals surface area contributed by atoms with E-state index in [4.69, 9.17) is 34.8 Å². The molecule has 0 amide bonds. The van der Waals surface area contributed by atoms with Gasteiger partial charge in [-0.2, -0.15) is 4.31 Å². The summed E-state index contributed by atoms with van der Waals surface area (Å²) < 4.78 is 27.0. The van der Waals surface area contributed by atoms with Gasteiger partial charge in [0.2, 0.25) is 10.0 Å². The number of benzene rings is 1. The van der Waals surface area contributed by atoms with Gasteiger partial charge in [0.1, 0.15) is 0 Å². The number of hydrogen-bond acceptors (Lipinski definition) is 2. The molecule has 1 unspecified atom stereocenters. The van der Waals surface area contributed by atoms with Crippen molar-refractivity contribution in [1.82, 2.24) is 4.31 Å². The molecule has 0 radical (unpaired) electrons. The van der Waals surface area contributed by atoms with Crippen molar-refractivity contribution in [2.75, 3.05) is 12.4 Å². The van der Waals surface area contributed by atoms with Crippen LogP contribution in [0.5, 0.6) is 0 Å².